The first-order chi connectivity index (χ1) is 11.4. The summed E-state index contributed by atoms with van der Waals surface area (Å²) in [6.45, 7) is 1.73. The number of aromatic amines is 1. The highest BCUT2D eigenvalue weighted by atomic mass is 32.1. The first-order valence-electron chi connectivity index (χ1n) is 7.39. The zero-order valence-electron chi connectivity index (χ0n) is 13.1. The molecule has 3 heterocycles. The molecule has 1 atom stereocenters. The van der Waals surface area contributed by atoms with Gasteiger partial charge in [0.05, 0.1) is 11.8 Å². The van der Waals surface area contributed by atoms with Gasteiger partial charge in [-0.2, -0.15) is 5.10 Å². The van der Waals surface area contributed by atoms with Crippen LogP contribution in [0.5, 0.6) is 5.88 Å². The maximum Gasteiger partial charge on any atom is 0.330 e. The molecule has 2 N–H and O–H groups in total. The summed E-state index contributed by atoms with van der Waals surface area (Å²) in [4.78, 5) is 39.0. The Bertz CT molecular complexity index is 926. The van der Waals surface area contributed by atoms with Crippen LogP contribution >= 0.6 is 11.3 Å². The molecular weight excluding hydrogens is 332 g/mol. The monoisotopic (exact) mass is 348 g/mol. The topological polar surface area (TPSA) is 108 Å². The van der Waals surface area contributed by atoms with Crippen LogP contribution in [-0.4, -0.2) is 31.3 Å². The van der Waals surface area contributed by atoms with Crippen LogP contribution in [-0.2, 0) is 11.8 Å². The molecule has 0 radical (unpaired) electrons. The lowest BCUT2D eigenvalue weighted by Crippen LogP contribution is -2.32. The van der Waals surface area contributed by atoms with E-state index in [1.165, 1.54) is 23.4 Å². The van der Waals surface area contributed by atoms with Crippen LogP contribution in [0.2, 0.25) is 0 Å². The van der Waals surface area contributed by atoms with E-state index in [4.69, 9.17) is 0 Å². The van der Waals surface area contributed by atoms with Crippen molar-refractivity contribution in [2.45, 2.75) is 25.8 Å². The molecule has 126 valence electrons. The molecule has 1 amide bonds. The molecule has 1 aliphatic rings. The van der Waals surface area contributed by atoms with Crippen LogP contribution in [0.1, 0.15) is 36.2 Å². The Morgan fingerprint density at radius 1 is 1.50 bits per heavy atom. The van der Waals surface area contributed by atoms with Gasteiger partial charge in [0.15, 0.2) is 0 Å². The van der Waals surface area contributed by atoms with E-state index in [0.29, 0.717) is 6.42 Å². The fourth-order valence-corrected chi connectivity index (χ4v) is 3.44. The van der Waals surface area contributed by atoms with Crippen LogP contribution in [0.15, 0.2) is 32.2 Å². The summed E-state index contributed by atoms with van der Waals surface area (Å²) < 4.78 is 0.934. The number of hydrogen-bond acceptors (Lipinski definition) is 6. The molecule has 0 spiro atoms. The maximum atomic E-state index is 12.2. The molecule has 2 aromatic rings. The third-order valence-electron chi connectivity index (χ3n) is 3.92. The average molecular weight is 348 g/mol. The fourth-order valence-electron chi connectivity index (χ4n) is 2.62. The van der Waals surface area contributed by atoms with Gasteiger partial charge in [-0.25, -0.2) is 9.80 Å². The number of thiophene rings is 1. The van der Waals surface area contributed by atoms with E-state index >= 15 is 0 Å². The predicted octanol–water partition coefficient (Wildman–Crippen LogP) is 0.928. The van der Waals surface area contributed by atoms with Gasteiger partial charge in [0.2, 0.25) is 11.8 Å². The lowest BCUT2D eigenvalue weighted by Gasteiger charge is -2.19. The van der Waals surface area contributed by atoms with Crippen molar-refractivity contribution in [2.75, 3.05) is 0 Å². The first kappa shape index (κ1) is 16.2. The molecule has 0 aromatic carbocycles. The summed E-state index contributed by atoms with van der Waals surface area (Å²) in [6.07, 6.45) is 0.565. The zero-order valence-corrected chi connectivity index (χ0v) is 14.0. The molecule has 9 heteroatoms. The minimum atomic E-state index is -0.718. The third kappa shape index (κ3) is 2.56. The Labute approximate surface area is 140 Å². The summed E-state index contributed by atoms with van der Waals surface area (Å²) >= 11 is 1.49. The average Bonchev–Trinajstić information content (AvgIpc) is 3.21. The number of hydrogen-bond donors (Lipinski definition) is 2. The van der Waals surface area contributed by atoms with E-state index in [2.05, 4.69) is 10.1 Å². The van der Waals surface area contributed by atoms with Crippen molar-refractivity contribution in [2.24, 2.45) is 12.1 Å². The second-order valence-electron chi connectivity index (χ2n) is 5.39. The van der Waals surface area contributed by atoms with Crippen molar-refractivity contribution in [3.8, 4) is 5.88 Å². The van der Waals surface area contributed by atoms with E-state index in [9.17, 15) is 19.5 Å². The smallest absolute Gasteiger partial charge is 0.330 e. The maximum absolute atomic E-state index is 12.2. The van der Waals surface area contributed by atoms with Crippen molar-refractivity contribution in [1.29, 1.82) is 0 Å². The van der Waals surface area contributed by atoms with Gasteiger partial charge in [-0.15, -0.1) is 11.3 Å². The molecule has 0 fully saturated rings. The summed E-state index contributed by atoms with van der Waals surface area (Å²) in [7, 11) is 1.35. The summed E-state index contributed by atoms with van der Waals surface area (Å²) in [5, 5.41) is 17.7. The number of hydrazone groups is 1. The number of carbonyl (C=O) groups excluding carboxylic acids is 1. The second kappa shape index (κ2) is 6.08. The Morgan fingerprint density at radius 2 is 2.25 bits per heavy atom. The largest absolute Gasteiger partial charge is 0.494 e. The molecule has 0 aliphatic carbocycles. The second-order valence-corrected chi connectivity index (χ2v) is 6.37. The number of aromatic nitrogens is 2. The minimum Gasteiger partial charge on any atom is -0.494 e. The van der Waals surface area contributed by atoms with Crippen LogP contribution in [0, 0.1) is 0 Å². The lowest BCUT2D eigenvalue weighted by atomic mass is 10.0. The first-order valence-corrected chi connectivity index (χ1v) is 8.27. The van der Waals surface area contributed by atoms with Gasteiger partial charge >= 0.3 is 5.69 Å². The van der Waals surface area contributed by atoms with Gasteiger partial charge in [-0.05, 0) is 11.4 Å². The normalized spacial score (nSPS) is 17.2. The van der Waals surface area contributed by atoms with E-state index in [-0.39, 0.29) is 29.6 Å². The lowest BCUT2D eigenvalue weighted by molar-refractivity contribution is -0.132. The van der Waals surface area contributed by atoms with E-state index in [1.807, 2.05) is 17.5 Å². The highest BCUT2D eigenvalue weighted by Gasteiger charge is 2.35. The van der Waals surface area contributed by atoms with Crippen LogP contribution in [0.4, 0.5) is 0 Å². The van der Waals surface area contributed by atoms with E-state index in [0.717, 1.165) is 9.44 Å². The SMILES string of the molecule is CCC(=O)N1N=C(c2c(O)n(C)c(=O)[nH]c2=O)C[C@@H]1c1cccs1. The molecule has 0 saturated heterocycles. The summed E-state index contributed by atoms with van der Waals surface area (Å²) in [5.74, 6) is -0.637. The number of carbonyl (C=O) groups is 1. The quantitative estimate of drug-likeness (QED) is 0.860. The van der Waals surface area contributed by atoms with Crippen LogP contribution < -0.4 is 11.2 Å². The third-order valence-corrected chi connectivity index (χ3v) is 4.90. The van der Waals surface area contributed by atoms with Crippen molar-refractivity contribution >= 4 is 23.0 Å². The molecule has 0 unspecified atom stereocenters. The Hall–Kier alpha value is -2.68. The fraction of sp³-hybridized carbons (Fsp3) is 0.333. The number of H-pyrrole nitrogens is 1. The number of amides is 1. The van der Waals surface area contributed by atoms with E-state index in [1.54, 1.807) is 6.92 Å². The Morgan fingerprint density at radius 3 is 2.88 bits per heavy atom. The van der Waals surface area contributed by atoms with Crippen LogP contribution in [0.3, 0.4) is 0 Å². The molecule has 2 aromatic heterocycles. The zero-order chi connectivity index (χ0) is 17.4. The van der Waals surface area contributed by atoms with Gasteiger partial charge in [-0.1, -0.05) is 13.0 Å². The van der Waals surface area contributed by atoms with Crippen molar-refractivity contribution in [1.82, 2.24) is 14.6 Å². The minimum absolute atomic E-state index is 0.0786. The Kier molecular flexibility index (Phi) is 4.10. The standard InChI is InChI=1S/C15H16N4O4S/c1-3-11(20)19-9(10-5-4-6-24-10)7-8(17-19)12-13(21)16-15(23)18(2)14(12)22/h4-6,9,22H,3,7H2,1-2H3,(H,16,21,23)/t9-/m1/s1. The molecule has 0 saturated carbocycles. The molecule has 3 rings (SSSR count). The highest BCUT2D eigenvalue weighted by Crippen LogP contribution is 2.35. The van der Waals surface area contributed by atoms with Crippen molar-refractivity contribution in [3.63, 3.8) is 0 Å². The van der Waals surface area contributed by atoms with Crippen LogP contribution in [0.25, 0.3) is 0 Å². The van der Waals surface area contributed by atoms with Crippen molar-refractivity contribution < 1.29 is 9.90 Å². The van der Waals surface area contributed by atoms with Gasteiger partial charge in [0, 0.05) is 24.8 Å². The molecule has 0 bridgehead atoms. The molecular formula is C15H16N4O4S. The van der Waals surface area contributed by atoms with Gasteiger partial charge < -0.3 is 5.11 Å². The Balaban J connectivity index is 2.10. The highest BCUT2D eigenvalue weighted by molar-refractivity contribution is 7.10. The number of aromatic hydroxyl groups is 1. The number of nitrogens with zero attached hydrogens (tertiary/aromatic N) is 3. The molecule has 8 nitrogen and oxygen atoms in total. The molecule has 1 aliphatic heterocycles. The van der Waals surface area contributed by atoms with Gasteiger partial charge in [-0.3, -0.25) is 19.1 Å². The number of nitrogens with one attached hydrogen (secondary N) is 1. The van der Waals surface area contributed by atoms with Gasteiger partial charge in [0.25, 0.3) is 5.56 Å². The number of rotatable bonds is 3. The van der Waals surface area contributed by atoms with Gasteiger partial charge in [0.1, 0.15) is 5.56 Å². The molecule has 24 heavy (non-hydrogen) atoms. The summed E-state index contributed by atoms with van der Waals surface area (Å²) in [5.41, 5.74) is -1.23. The summed E-state index contributed by atoms with van der Waals surface area (Å²) in [6, 6.07) is 3.46. The predicted molar refractivity (Wildman–Crippen MR) is 89.3 cm³/mol. The van der Waals surface area contributed by atoms with E-state index < -0.39 is 17.1 Å². The van der Waals surface area contributed by atoms with Crippen molar-refractivity contribution in [3.05, 3.63) is 48.8 Å².